The summed E-state index contributed by atoms with van der Waals surface area (Å²) < 4.78 is 5.47. The summed E-state index contributed by atoms with van der Waals surface area (Å²) in [6, 6.07) is 0. The van der Waals surface area contributed by atoms with Crippen LogP contribution in [0.5, 0.6) is 0 Å². The normalized spacial score (nSPS) is 16.9. The molecule has 0 spiro atoms. The number of nitrogens with zero attached hydrogens (tertiary/aromatic N) is 1. The second-order valence-corrected chi connectivity index (χ2v) is 14.0. The van der Waals surface area contributed by atoms with Gasteiger partial charge in [-0.05, 0) is 47.9 Å². The average Bonchev–Trinajstić information content (AvgIpc) is 2.59. The summed E-state index contributed by atoms with van der Waals surface area (Å²) in [6.45, 7) is 21.4. The van der Waals surface area contributed by atoms with Crippen molar-refractivity contribution in [3.05, 3.63) is 23.9 Å². The van der Waals surface area contributed by atoms with Gasteiger partial charge in [-0.1, -0.05) is 74.5 Å². The fourth-order valence-electron chi connectivity index (χ4n) is 3.71. The predicted molar refractivity (Wildman–Crippen MR) is 104 cm³/mol. The summed E-state index contributed by atoms with van der Waals surface area (Å²) in [5.74, 6) is 0. The van der Waals surface area contributed by atoms with Gasteiger partial charge in [-0.3, -0.25) is 4.74 Å². The molecule has 0 N–H and O–H groups in total. The lowest BCUT2D eigenvalue weighted by Crippen LogP contribution is -2.25. The van der Waals surface area contributed by atoms with Gasteiger partial charge in [0.15, 0.2) is 0 Å². The largest absolute Gasteiger partial charge is 0.272 e. The monoisotopic (exact) mass is 323 g/mol. The van der Waals surface area contributed by atoms with E-state index in [1.807, 2.05) is 0 Å². The molecule has 0 atom stereocenters. The minimum atomic E-state index is -1.39. The van der Waals surface area contributed by atoms with E-state index in [9.17, 15) is 0 Å². The predicted octanol–water partition coefficient (Wildman–Crippen LogP) is 7.17. The number of rotatable bonds is 4. The number of hydrogen-bond acceptors (Lipinski definition) is 1. The highest BCUT2D eigenvalue weighted by molar-refractivity contribution is 7.66. The maximum atomic E-state index is 5.47. The average molecular weight is 324 g/mol. The molecule has 0 heterocycles. The van der Waals surface area contributed by atoms with E-state index in [1.165, 1.54) is 24.2 Å². The molecule has 0 bridgehead atoms. The maximum Gasteiger partial charge on any atom is 0.0425 e. The Morgan fingerprint density at radius 1 is 0.818 bits per heavy atom. The van der Waals surface area contributed by atoms with Gasteiger partial charge in [0.05, 0.1) is 0 Å². The van der Waals surface area contributed by atoms with Crippen LogP contribution in [0.4, 0.5) is 0 Å². The Hall–Kier alpha value is -0.290. The van der Waals surface area contributed by atoms with Gasteiger partial charge in [0.2, 0.25) is 0 Å². The summed E-state index contributed by atoms with van der Waals surface area (Å²) in [6.07, 6.45) is 11.4. The highest BCUT2D eigenvalue weighted by Crippen LogP contribution is 2.60. The Balaban J connectivity index is 3.34. The lowest BCUT2D eigenvalue weighted by atomic mass is 9.99. The van der Waals surface area contributed by atoms with Gasteiger partial charge in [0.25, 0.3) is 0 Å². The second kappa shape index (κ2) is 6.68. The van der Waals surface area contributed by atoms with E-state index in [4.69, 9.17) is 4.74 Å². The minimum Gasteiger partial charge on any atom is -0.272 e. The standard InChI is InChI=1S/C20H38NP/c1-18(2,3)14-22(15-19(4,5)6,16-20(7,8)9)21-17-12-10-11-13-17/h10-12H,13-16H2,1-9H3. The van der Waals surface area contributed by atoms with Gasteiger partial charge in [-0.15, -0.1) is 0 Å². The van der Waals surface area contributed by atoms with Gasteiger partial charge in [0, 0.05) is 12.1 Å². The van der Waals surface area contributed by atoms with E-state index in [0.717, 1.165) is 6.42 Å². The quantitative estimate of drug-likeness (QED) is 0.486. The van der Waals surface area contributed by atoms with E-state index in [-0.39, 0.29) is 0 Å². The molecule has 2 heteroatoms. The van der Waals surface area contributed by atoms with Crippen molar-refractivity contribution < 1.29 is 0 Å². The van der Waals surface area contributed by atoms with Crippen LogP contribution in [0.2, 0.25) is 0 Å². The van der Waals surface area contributed by atoms with Gasteiger partial charge >= 0.3 is 0 Å². The summed E-state index contributed by atoms with van der Waals surface area (Å²) in [7, 11) is -1.39. The van der Waals surface area contributed by atoms with Crippen molar-refractivity contribution in [3.63, 3.8) is 0 Å². The van der Waals surface area contributed by atoms with Crippen LogP contribution < -0.4 is 0 Å². The smallest absolute Gasteiger partial charge is 0.0425 e. The van der Waals surface area contributed by atoms with Crippen molar-refractivity contribution in [2.24, 2.45) is 21.0 Å². The van der Waals surface area contributed by atoms with E-state index in [0.29, 0.717) is 16.2 Å². The third-order valence-corrected chi connectivity index (χ3v) is 8.69. The Morgan fingerprint density at radius 3 is 1.50 bits per heavy atom. The first-order chi connectivity index (χ1) is 9.70. The molecule has 0 unspecified atom stereocenters. The third-order valence-electron chi connectivity index (χ3n) is 3.40. The van der Waals surface area contributed by atoms with Crippen LogP contribution in [0.1, 0.15) is 68.7 Å². The van der Waals surface area contributed by atoms with Crippen LogP contribution in [0, 0.1) is 16.2 Å². The molecule has 1 rings (SSSR count). The molecule has 22 heavy (non-hydrogen) atoms. The fourth-order valence-corrected chi connectivity index (χ4v) is 10.2. The Bertz CT molecular complexity index is 440. The van der Waals surface area contributed by atoms with E-state index >= 15 is 0 Å². The maximum absolute atomic E-state index is 5.47. The first kappa shape index (κ1) is 19.8. The molecular formula is C20H38NP. The van der Waals surface area contributed by atoms with Crippen LogP contribution in [-0.4, -0.2) is 18.5 Å². The van der Waals surface area contributed by atoms with Crippen LogP contribution in [0.15, 0.2) is 28.7 Å². The lowest BCUT2D eigenvalue weighted by Gasteiger charge is -2.40. The van der Waals surface area contributed by atoms with Gasteiger partial charge in [-0.2, -0.15) is 0 Å². The topological polar surface area (TPSA) is 12.4 Å². The van der Waals surface area contributed by atoms with Crippen molar-refractivity contribution in [3.8, 4) is 0 Å². The van der Waals surface area contributed by atoms with Gasteiger partial charge in [0.1, 0.15) is 0 Å². The van der Waals surface area contributed by atoms with Crippen molar-refractivity contribution >= 4 is 7.05 Å². The number of hydrogen-bond donors (Lipinski definition) is 0. The Labute approximate surface area is 139 Å². The van der Waals surface area contributed by atoms with Gasteiger partial charge < -0.3 is 0 Å². The fraction of sp³-hybridized carbons (Fsp3) is 0.800. The molecule has 0 radical (unpaired) electrons. The third kappa shape index (κ3) is 7.82. The lowest BCUT2D eigenvalue weighted by molar-refractivity contribution is 0.438. The molecule has 0 aromatic carbocycles. The van der Waals surface area contributed by atoms with E-state index in [2.05, 4.69) is 80.5 Å². The summed E-state index contributed by atoms with van der Waals surface area (Å²) in [4.78, 5) is 0. The van der Waals surface area contributed by atoms with Crippen LogP contribution in [0.25, 0.3) is 0 Å². The number of allylic oxidation sites excluding steroid dienone is 3. The molecule has 0 aromatic heterocycles. The van der Waals surface area contributed by atoms with Crippen molar-refractivity contribution in [2.45, 2.75) is 68.7 Å². The minimum absolute atomic E-state index is 0.334. The van der Waals surface area contributed by atoms with Crippen molar-refractivity contribution in [2.75, 3.05) is 18.5 Å². The molecule has 128 valence electrons. The highest BCUT2D eigenvalue weighted by atomic mass is 31.2. The molecule has 0 fully saturated rings. The van der Waals surface area contributed by atoms with E-state index in [1.54, 1.807) is 0 Å². The second-order valence-electron chi connectivity index (χ2n) is 10.6. The molecular weight excluding hydrogens is 285 g/mol. The highest BCUT2D eigenvalue weighted by Gasteiger charge is 2.34. The zero-order chi connectivity index (χ0) is 17.2. The molecule has 0 saturated heterocycles. The van der Waals surface area contributed by atoms with Crippen LogP contribution in [0.3, 0.4) is 0 Å². The summed E-state index contributed by atoms with van der Waals surface area (Å²) >= 11 is 0. The molecule has 1 aliphatic rings. The Morgan fingerprint density at radius 2 is 1.23 bits per heavy atom. The molecule has 0 aliphatic heterocycles. The summed E-state index contributed by atoms with van der Waals surface area (Å²) in [5.41, 5.74) is 2.31. The zero-order valence-electron chi connectivity index (χ0n) is 16.5. The molecule has 0 amide bonds. The first-order valence-electron chi connectivity index (χ1n) is 8.65. The zero-order valence-corrected chi connectivity index (χ0v) is 17.3. The van der Waals surface area contributed by atoms with Crippen molar-refractivity contribution in [1.29, 1.82) is 0 Å². The Kier molecular flexibility index (Phi) is 6.00. The molecule has 1 aliphatic carbocycles. The van der Waals surface area contributed by atoms with E-state index < -0.39 is 7.05 Å². The molecule has 0 aromatic rings. The van der Waals surface area contributed by atoms with Gasteiger partial charge in [-0.25, -0.2) is 0 Å². The SMILES string of the molecule is CC(C)(C)CP(CC(C)(C)C)(CC(C)(C)C)=NC1=CC=CC1. The van der Waals surface area contributed by atoms with Crippen LogP contribution >= 0.6 is 7.05 Å². The summed E-state index contributed by atoms with van der Waals surface area (Å²) in [5, 5.41) is 0. The van der Waals surface area contributed by atoms with Crippen LogP contribution in [-0.2, 0) is 0 Å². The molecule has 1 nitrogen and oxygen atoms in total. The first-order valence-corrected chi connectivity index (χ1v) is 10.9. The molecule has 0 saturated carbocycles. The van der Waals surface area contributed by atoms with Crippen molar-refractivity contribution in [1.82, 2.24) is 0 Å².